The molecule has 3 N–H and O–H groups in total. The molecule has 7 heteroatoms. The molecule has 1 atom stereocenters. The van der Waals surface area contributed by atoms with Crippen LogP contribution in [0, 0.1) is 12.8 Å². The number of carbonyl (C=O) groups excluding carboxylic acids is 2. The average Bonchev–Trinajstić information content (AvgIpc) is 2.40. The van der Waals surface area contributed by atoms with E-state index in [1.165, 1.54) is 0 Å². The summed E-state index contributed by atoms with van der Waals surface area (Å²) >= 11 is 3.36. The van der Waals surface area contributed by atoms with Gasteiger partial charge in [-0.15, -0.1) is 12.4 Å². The van der Waals surface area contributed by atoms with Gasteiger partial charge in [0.15, 0.2) is 0 Å². The van der Waals surface area contributed by atoms with Crippen LogP contribution in [0.25, 0.3) is 0 Å². The molecule has 0 spiro atoms. The van der Waals surface area contributed by atoms with Crippen molar-refractivity contribution < 1.29 is 9.59 Å². The van der Waals surface area contributed by atoms with Gasteiger partial charge in [-0.2, -0.15) is 0 Å². The molecule has 0 aromatic heterocycles. The van der Waals surface area contributed by atoms with Gasteiger partial charge in [-0.3, -0.25) is 9.59 Å². The van der Waals surface area contributed by atoms with Gasteiger partial charge in [-0.05, 0) is 31.7 Å². The summed E-state index contributed by atoms with van der Waals surface area (Å²) in [6.07, 6.45) is 0. The second kappa shape index (κ2) is 9.76. The van der Waals surface area contributed by atoms with Crippen molar-refractivity contribution in [2.75, 3.05) is 25.5 Å². The standard InChI is InChI=1S/C14H20BrN3O2.ClH/c1-9-4-5-11(15)6-12(9)18-13(19)8-17-14(20)10(2)7-16-3;/h4-6,10,16H,7-8H2,1-3H3,(H,17,20)(H,18,19);1H. The highest BCUT2D eigenvalue weighted by molar-refractivity contribution is 9.10. The molecule has 118 valence electrons. The maximum Gasteiger partial charge on any atom is 0.243 e. The molecule has 0 heterocycles. The van der Waals surface area contributed by atoms with E-state index in [1.807, 2.05) is 32.0 Å². The van der Waals surface area contributed by atoms with Gasteiger partial charge in [-0.25, -0.2) is 0 Å². The van der Waals surface area contributed by atoms with Crippen LogP contribution in [0.1, 0.15) is 12.5 Å². The summed E-state index contributed by atoms with van der Waals surface area (Å²) in [5, 5.41) is 8.32. The first-order valence-electron chi connectivity index (χ1n) is 6.42. The maximum atomic E-state index is 11.8. The first-order valence-corrected chi connectivity index (χ1v) is 7.21. The van der Waals surface area contributed by atoms with Crippen LogP contribution < -0.4 is 16.0 Å². The van der Waals surface area contributed by atoms with Crippen molar-refractivity contribution >= 4 is 45.8 Å². The highest BCUT2D eigenvalue weighted by Crippen LogP contribution is 2.20. The van der Waals surface area contributed by atoms with Crippen molar-refractivity contribution in [2.45, 2.75) is 13.8 Å². The molecule has 0 aliphatic rings. The van der Waals surface area contributed by atoms with E-state index in [0.29, 0.717) is 6.54 Å². The lowest BCUT2D eigenvalue weighted by molar-refractivity contribution is -0.126. The van der Waals surface area contributed by atoms with E-state index in [2.05, 4.69) is 31.9 Å². The summed E-state index contributed by atoms with van der Waals surface area (Å²) in [4.78, 5) is 23.5. The molecule has 2 amide bonds. The Kier molecular flexibility index (Phi) is 9.24. The van der Waals surface area contributed by atoms with Gasteiger partial charge in [0.2, 0.25) is 11.8 Å². The monoisotopic (exact) mass is 377 g/mol. The van der Waals surface area contributed by atoms with Crippen LogP contribution in [0.3, 0.4) is 0 Å². The van der Waals surface area contributed by atoms with E-state index in [1.54, 1.807) is 7.05 Å². The first kappa shape index (κ1) is 19.9. The Bertz CT molecular complexity index is 497. The second-order valence-electron chi connectivity index (χ2n) is 4.68. The topological polar surface area (TPSA) is 70.2 Å². The molecule has 1 rings (SSSR count). The SMILES string of the molecule is CNCC(C)C(=O)NCC(=O)Nc1cc(Br)ccc1C.Cl. The van der Waals surface area contributed by atoms with E-state index >= 15 is 0 Å². The van der Waals surface area contributed by atoms with Gasteiger partial charge in [-0.1, -0.05) is 28.9 Å². The maximum absolute atomic E-state index is 11.8. The summed E-state index contributed by atoms with van der Waals surface area (Å²) in [5.74, 6) is -0.544. The van der Waals surface area contributed by atoms with E-state index in [9.17, 15) is 9.59 Å². The molecular weight excluding hydrogens is 358 g/mol. The summed E-state index contributed by atoms with van der Waals surface area (Å²) in [6, 6.07) is 5.65. The van der Waals surface area contributed by atoms with E-state index < -0.39 is 0 Å². The quantitative estimate of drug-likeness (QED) is 0.710. The largest absolute Gasteiger partial charge is 0.347 e. The Hall–Kier alpha value is -1.11. The molecule has 21 heavy (non-hydrogen) atoms. The zero-order chi connectivity index (χ0) is 15.1. The Morgan fingerprint density at radius 3 is 2.62 bits per heavy atom. The molecule has 0 radical (unpaired) electrons. The number of nitrogens with one attached hydrogen (secondary N) is 3. The predicted molar refractivity (Wildman–Crippen MR) is 90.9 cm³/mol. The number of aryl methyl sites for hydroxylation is 1. The summed E-state index contributed by atoms with van der Waals surface area (Å²) < 4.78 is 0.894. The van der Waals surface area contributed by atoms with Gasteiger partial charge in [0.25, 0.3) is 0 Å². The molecule has 1 unspecified atom stereocenters. The van der Waals surface area contributed by atoms with Crippen molar-refractivity contribution in [3.05, 3.63) is 28.2 Å². The third-order valence-electron chi connectivity index (χ3n) is 2.85. The Morgan fingerprint density at radius 2 is 2.00 bits per heavy atom. The van der Waals surface area contributed by atoms with E-state index in [-0.39, 0.29) is 36.7 Å². The van der Waals surface area contributed by atoms with Gasteiger partial charge in [0.05, 0.1) is 6.54 Å². The smallest absolute Gasteiger partial charge is 0.243 e. The van der Waals surface area contributed by atoms with Gasteiger partial charge < -0.3 is 16.0 Å². The van der Waals surface area contributed by atoms with Crippen molar-refractivity contribution in [3.63, 3.8) is 0 Å². The molecule has 1 aromatic rings. The number of halogens is 2. The minimum Gasteiger partial charge on any atom is -0.347 e. The third-order valence-corrected chi connectivity index (χ3v) is 3.35. The summed E-state index contributed by atoms with van der Waals surface area (Å²) in [6.45, 7) is 4.27. The molecule has 0 aliphatic heterocycles. The van der Waals surface area contributed by atoms with Gasteiger partial charge in [0.1, 0.15) is 0 Å². The molecular formula is C14H21BrClN3O2. The summed E-state index contributed by atoms with van der Waals surface area (Å²) in [7, 11) is 1.78. The van der Waals surface area contributed by atoms with Crippen LogP contribution in [0.5, 0.6) is 0 Å². The lowest BCUT2D eigenvalue weighted by atomic mass is 10.1. The molecule has 5 nitrogen and oxygen atoms in total. The fourth-order valence-corrected chi connectivity index (χ4v) is 2.02. The van der Waals surface area contributed by atoms with Crippen molar-refractivity contribution in [3.8, 4) is 0 Å². The Balaban J connectivity index is 0.00000400. The molecule has 0 fully saturated rings. The van der Waals surface area contributed by atoms with Crippen LogP contribution in [0.4, 0.5) is 5.69 Å². The van der Waals surface area contributed by atoms with Crippen molar-refractivity contribution in [1.29, 1.82) is 0 Å². The Labute approximate surface area is 139 Å². The highest BCUT2D eigenvalue weighted by atomic mass is 79.9. The minimum atomic E-state index is -0.240. The van der Waals surface area contributed by atoms with Crippen molar-refractivity contribution in [2.24, 2.45) is 5.92 Å². The predicted octanol–water partition coefficient (Wildman–Crippen LogP) is 2.09. The number of hydrogen-bond donors (Lipinski definition) is 3. The van der Waals surface area contributed by atoms with Crippen LogP contribution in [-0.4, -0.2) is 32.0 Å². The molecule has 1 aromatic carbocycles. The van der Waals surface area contributed by atoms with Crippen LogP contribution in [0.15, 0.2) is 22.7 Å². The number of rotatable bonds is 6. The fourth-order valence-electron chi connectivity index (χ4n) is 1.66. The molecule has 0 saturated heterocycles. The zero-order valence-corrected chi connectivity index (χ0v) is 14.7. The Morgan fingerprint density at radius 1 is 1.33 bits per heavy atom. The number of anilines is 1. The lowest BCUT2D eigenvalue weighted by Gasteiger charge is -2.12. The highest BCUT2D eigenvalue weighted by Gasteiger charge is 2.13. The zero-order valence-electron chi connectivity index (χ0n) is 12.3. The fraction of sp³-hybridized carbons (Fsp3) is 0.429. The van der Waals surface area contributed by atoms with E-state index in [4.69, 9.17) is 0 Å². The summed E-state index contributed by atoms with van der Waals surface area (Å²) in [5.41, 5.74) is 1.71. The molecule has 0 saturated carbocycles. The van der Waals surface area contributed by atoms with Gasteiger partial charge >= 0.3 is 0 Å². The van der Waals surface area contributed by atoms with Crippen LogP contribution in [-0.2, 0) is 9.59 Å². The lowest BCUT2D eigenvalue weighted by Crippen LogP contribution is -2.38. The van der Waals surface area contributed by atoms with Crippen molar-refractivity contribution in [1.82, 2.24) is 10.6 Å². The van der Waals surface area contributed by atoms with E-state index in [0.717, 1.165) is 15.7 Å². The third kappa shape index (κ3) is 6.93. The number of benzene rings is 1. The minimum absolute atomic E-state index is 0. The number of hydrogen-bond acceptors (Lipinski definition) is 3. The molecule has 0 aliphatic carbocycles. The first-order chi connectivity index (χ1) is 9.43. The normalized spacial score (nSPS) is 11.2. The average molecular weight is 379 g/mol. The number of carbonyl (C=O) groups is 2. The van der Waals surface area contributed by atoms with Gasteiger partial charge in [0, 0.05) is 22.6 Å². The number of amides is 2. The molecule has 0 bridgehead atoms. The van der Waals surface area contributed by atoms with Crippen LogP contribution >= 0.6 is 28.3 Å². The second-order valence-corrected chi connectivity index (χ2v) is 5.60. The van der Waals surface area contributed by atoms with Crippen LogP contribution in [0.2, 0.25) is 0 Å².